The average Bonchev–Trinajstić information content (AvgIpc) is 3.09. The first-order valence-electron chi connectivity index (χ1n) is 8.41. The minimum absolute atomic E-state index is 0.145. The Labute approximate surface area is 147 Å². The number of nitrogens with one attached hydrogen (secondary N) is 1. The monoisotopic (exact) mass is 341 g/mol. The molecule has 25 heavy (non-hydrogen) atoms. The minimum atomic E-state index is -0.767. The molecule has 6 nitrogen and oxygen atoms in total. The molecule has 0 bridgehead atoms. The predicted molar refractivity (Wildman–Crippen MR) is 95.6 cm³/mol. The molecule has 1 aromatic heterocycles. The lowest BCUT2D eigenvalue weighted by atomic mass is 9.98. The lowest BCUT2D eigenvalue weighted by Gasteiger charge is -2.22. The third kappa shape index (κ3) is 4.09. The summed E-state index contributed by atoms with van der Waals surface area (Å²) in [6.07, 6.45) is 6.89. The van der Waals surface area contributed by atoms with Crippen molar-refractivity contribution >= 4 is 11.6 Å². The maximum Gasteiger partial charge on any atom is 0.244 e. The molecule has 0 unspecified atom stereocenters. The van der Waals surface area contributed by atoms with Gasteiger partial charge in [0.25, 0.3) is 0 Å². The van der Waals surface area contributed by atoms with E-state index < -0.39 is 5.54 Å². The fraction of sp³-hybridized carbons (Fsp3) is 0.368. The highest BCUT2D eigenvalue weighted by molar-refractivity contribution is 5.98. The van der Waals surface area contributed by atoms with Crippen LogP contribution in [0, 0.1) is 0 Å². The highest BCUT2D eigenvalue weighted by Crippen LogP contribution is 2.33. The molecule has 0 aliphatic heterocycles. The zero-order valence-electron chi connectivity index (χ0n) is 14.3. The highest BCUT2D eigenvalue weighted by Gasteiger charge is 2.37. The molecule has 1 aromatic carbocycles. The van der Waals surface area contributed by atoms with E-state index >= 15 is 0 Å². The van der Waals surface area contributed by atoms with Gasteiger partial charge in [0.2, 0.25) is 5.91 Å². The van der Waals surface area contributed by atoms with E-state index in [1.807, 2.05) is 12.1 Å². The number of rotatable bonds is 6. The minimum Gasteiger partial charge on any atom is -0.493 e. The second-order valence-corrected chi connectivity index (χ2v) is 6.33. The van der Waals surface area contributed by atoms with E-state index in [1.54, 1.807) is 37.7 Å². The number of anilines is 1. The first kappa shape index (κ1) is 17.2. The van der Waals surface area contributed by atoms with Gasteiger partial charge in [0.1, 0.15) is 6.61 Å². The van der Waals surface area contributed by atoms with Crippen LogP contribution in [0.15, 0.2) is 42.7 Å². The molecule has 132 valence electrons. The Morgan fingerprint density at radius 1 is 1.28 bits per heavy atom. The first-order valence-corrected chi connectivity index (χ1v) is 8.41. The van der Waals surface area contributed by atoms with Crippen LogP contribution >= 0.6 is 0 Å². The fourth-order valence-corrected chi connectivity index (χ4v) is 3.00. The lowest BCUT2D eigenvalue weighted by Crippen LogP contribution is -2.48. The van der Waals surface area contributed by atoms with Gasteiger partial charge in [0, 0.05) is 29.7 Å². The molecular weight excluding hydrogens is 318 g/mol. The van der Waals surface area contributed by atoms with Crippen LogP contribution < -0.4 is 20.5 Å². The van der Waals surface area contributed by atoms with Crippen LogP contribution in [0.2, 0.25) is 0 Å². The number of pyridine rings is 1. The van der Waals surface area contributed by atoms with E-state index in [0.717, 1.165) is 31.2 Å². The Kier molecular flexibility index (Phi) is 5.19. The van der Waals surface area contributed by atoms with Gasteiger partial charge in [0.15, 0.2) is 11.5 Å². The number of hydrogen-bond donors (Lipinski definition) is 2. The number of carbonyl (C=O) groups excluding carboxylic acids is 1. The smallest absolute Gasteiger partial charge is 0.244 e. The molecule has 1 amide bonds. The Balaban J connectivity index is 1.72. The quantitative estimate of drug-likeness (QED) is 0.844. The molecule has 1 aliphatic rings. The van der Waals surface area contributed by atoms with Gasteiger partial charge in [-0.1, -0.05) is 18.9 Å². The topological polar surface area (TPSA) is 86.5 Å². The second kappa shape index (κ2) is 7.53. The summed E-state index contributed by atoms with van der Waals surface area (Å²) in [5, 5.41) is 2.90. The number of carbonyl (C=O) groups is 1. The van der Waals surface area contributed by atoms with Gasteiger partial charge in [-0.25, -0.2) is 0 Å². The standard InChI is InChI=1S/C19H23N3O3/c1-24-16-7-6-15(22-18(23)19(20)8-2-3-9-19)11-17(16)25-13-14-5-4-10-21-12-14/h4-7,10-12H,2-3,8-9,13,20H2,1H3,(H,22,23). The first-order chi connectivity index (χ1) is 12.1. The molecular formula is C19H23N3O3. The zero-order chi connectivity index (χ0) is 17.7. The Hall–Kier alpha value is -2.60. The van der Waals surface area contributed by atoms with Gasteiger partial charge in [-0.15, -0.1) is 0 Å². The largest absolute Gasteiger partial charge is 0.493 e. The van der Waals surface area contributed by atoms with Crippen LogP contribution in [0.25, 0.3) is 0 Å². The third-order valence-electron chi connectivity index (χ3n) is 4.49. The molecule has 1 fully saturated rings. The number of nitrogens with zero attached hydrogens (tertiary/aromatic N) is 1. The molecule has 1 aliphatic carbocycles. The van der Waals surface area contributed by atoms with E-state index in [4.69, 9.17) is 15.2 Å². The van der Waals surface area contributed by atoms with Crippen LogP contribution in [0.4, 0.5) is 5.69 Å². The van der Waals surface area contributed by atoms with Gasteiger partial charge >= 0.3 is 0 Å². The van der Waals surface area contributed by atoms with Crippen molar-refractivity contribution < 1.29 is 14.3 Å². The van der Waals surface area contributed by atoms with Crippen molar-refractivity contribution in [3.05, 3.63) is 48.3 Å². The van der Waals surface area contributed by atoms with E-state index in [2.05, 4.69) is 10.3 Å². The molecule has 2 aromatic rings. The molecule has 1 heterocycles. The fourth-order valence-electron chi connectivity index (χ4n) is 3.00. The van der Waals surface area contributed by atoms with E-state index in [0.29, 0.717) is 23.8 Å². The summed E-state index contributed by atoms with van der Waals surface area (Å²) >= 11 is 0. The lowest BCUT2D eigenvalue weighted by molar-refractivity contribution is -0.121. The van der Waals surface area contributed by atoms with Gasteiger partial charge in [-0.05, 0) is 31.0 Å². The highest BCUT2D eigenvalue weighted by atomic mass is 16.5. The number of aromatic nitrogens is 1. The molecule has 3 rings (SSSR count). The van der Waals surface area contributed by atoms with Crippen LogP contribution in [-0.4, -0.2) is 23.5 Å². The predicted octanol–water partition coefficient (Wildman–Crippen LogP) is 2.88. The number of amides is 1. The molecule has 3 N–H and O–H groups in total. The van der Waals surface area contributed by atoms with Crippen molar-refractivity contribution in [3.8, 4) is 11.5 Å². The number of nitrogens with two attached hydrogens (primary N) is 1. The zero-order valence-corrected chi connectivity index (χ0v) is 14.3. The summed E-state index contributed by atoms with van der Waals surface area (Å²) < 4.78 is 11.2. The average molecular weight is 341 g/mol. The van der Waals surface area contributed by atoms with E-state index in [-0.39, 0.29) is 5.91 Å². The summed E-state index contributed by atoms with van der Waals surface area (Å²) in [5.74, 6) is 1.01. The summed E-state index contributed by atoms with van der Waals surface area (Å²) in [5.41, 5.74) is 7.03. The molecule has 0 spiro atoms. The van der Waals surface area contributed by atoms with Crippen molar-refractivity contribution in [2.75, 3.05) is 12.4 Å². The van der Waals surface area contributed by atoms with Crippen LogP contribution in [0.1, 0.15) is 31.2 Å². The van der Waals surface area contributed by atoms with Crippen molar-refractivity contribution in [3.63, 3.8) is 0 Å². The number of hydrogen-bond acceptors (Lipinski definition) is 5. The summed E-state index contributed by atoms with van der Waals surface area (Å²) in [6, 6.07) is 9.10. The van der Waals surface area contributed by atoms with Crippen molar-refractivity contribution in [2.24, 2.45) is 5.73 Å². The number of methoxy groups -OCH3 is 1. The SMILES string of the molecule is COc1ccc(NC(=O)C2(N)CCCC2)cc1OCc1cccnc1. The van der Waals surface area contributed by atoms with Gasteiger partial charge < -0.3 is 20.5 Å². The molecule has 6 heteroatoms. The van der Waals surface area contributed by atoms with Gasteiger partial charge in [-0.3, -0.25) is 9.78 Å². The molecule has 0 atom stereocenters. The van der Waals surface area contributed by atoms with Gasteiger partial charge in [0.05, 0.1) is 12.6 Å². The Morgan fingerprint density at radius 3 is 2.76 bits per heavy atom. The maximum atomic E-state index is 12.5. The molecule has 0 radical (unpaired) electrons. The van der Waals surface area contributed by atoms with Crippen LogP contribution in [0.3, 0.4) is 0 Å². The van der Waals surface area contributed by atoms with Crippen molar-refractivity contribution in [1.82, 2.24) is 4.98 Å². The number of ether oxygens (including phenoxy) is 2. The van der Waals surface area contributed by atoms with Gasteiger partial charge in [-0.2, -0.15) is 0 Å². The summed E-state index contributed by atoms with van der Waals surface area (Å²) in [4.78, 5) is 16.5. The third-order valence-corrected chi connectivity index (χ3v) is 4.49. The van der Waals surface area contributed by atoms with Crippen LogP contribution in [0.5, 0.6) is 11.5 Å². The Bertz CT molecular complexity index is 728. The van der Waals surface area contributed by atoms with Crippen molar-refractivity contribution in [2.45, 2.75) is 37.8 Å². The van der Waals surface area contributed by atoms with E-state index in [1.165, 1.54) is 0 Å². The second-order valence-electron chi connectivity index (χ2n) is 6.33. The molecule has 0 saturated heterocycles. The maximum absolute atomic E-state index is 12.5. The summed E-state index contributed by atoms with van der Waals surface area (Å²) in [6.45, 7) is 0.364. The molecule has 1 saturated carbocycles. The van der Waals surface area contributed by atoms with Crippen molar-refractivity contribution in [1.29, 1.82) is 0 Å². The van der Waals surface area contributed by atoms with Crippen LogP contribution in [-0.2, 0) is 11.4 Å². The Morgan fingerprint density at radius 2 is 2.08 bits per heavy atom. The van der Waals surface area contributed by atoms with E-state index in [9.17, 15) is 4.79 Å². The number of benzene rings is 1. The normalized spacial score (nSPS) is 15.6. The summed E-state index contributed by atoms with van der Waals surface area (Å²) in [7, 11) is 1.58.